The fourth-order valence-corrected chi connectivity index (χ4v) is 7.22. The Morgan fingerprint density at radius 2 is 1.68 bits per heavy atom. The van der Waals surface area contributed by atoms with Crippen molar-refractivity contribution in [1.29, 1.82) is 0 Å². The Morgan fingerprint density at radius 1 is 1.04 bits per heavy atom. The number of benzene rings is 2. The summed E-state index contributed by atoms with van der Waals surface area (Å²) in [5, 5.41) is 0. The van der Waals surface area contributed by atoms with Crippen LogP contribution in [0.5, 0.6) is 5.75 Å². The number of carbonyl (C=O) groups is 1. The summed E-state index contributed by atoms with van der Waals surface area (Å²) in [7, 11) is -4.17. The zero-order valence-electron chi connectivity index (χ0n) is 15.5. The smallest absolute Gasteiger partial charge is 0.188 e. The van der Waals surface area contributed by atoms with Gasteiger partial charge in [-0.15, -0.1) is 0 Å². The number of sulfone groups is 1. The van der Waals surface area contributed by atoms with Crippen molar-refractivity contribution in [1.82, 2.24) is 0 Å². The van der Waals surface area contributed by atoms with Crippen LogP contribution in [-0.2, 0) is 19.4 Å². The molecule has 0 amide bonds. The molecule has 2 aromatic rings. The molecule has 148 valence electrons. The molecule has 1 heterocycles. The molecule has 1 saturated carbocycles. The number of hydrogen-bond donors (Lipinski definition) is 0. The van der Waals surface area contributed by atoms with Gasteiger partial charge in [0.1, 0.15) is 16.3 Å². The summed E-state index contributed by atoms with van der Waals surface area (Å²) >= 11 is 0. The van der Waals surface area contributed by atoms with Crippen molar-refractivity contribution < 1.29 is 26.7 Å². The Morgan fingerprint density at radius 3 is 2.36 bits per heavy atom. The van der Waals surface area contributed by atoms with Gasteiger partial charge in [-0.25, -0.2) is 17.2 Å². The molecule has 0 spiro atoms. The van der Waals surface area contributed by atoms with Crippen molar-refractivity contribution in [3.63, 3.8) is 0 Å². The fraction of sp³-hybridized carbons (Fsp3) is 0.381. The van der Waals surface area contributed by atoms with Crippen molar-refractivity contribution in [3.8, 4) is 5.75 Å². The van der Waals surface area contributed by atoms with Crippen molar-refractivity contribution in [2.24, 2.45) is 11.3 Å². The van der Waals surface area contributed by atoms with Crippen molar-refractivity contribution >= 4 is 15.6 Å². The Bertz CT molecular complexity index is 1060. The van der Waals surface area contributed by atoms with Crippen LogP contribution in [0, 0.1) is 23.0 Å². The fourth-order valence-electron chi connectivity index (χ4n) is 4.72. The number of rotatable bonds is 2. The molecule has 28 heavy (non-hydrogen) atoms. The monoisotopic (exact) mass is 406 g/mol. The molecule has 2 aromatic carbocycles. The van der Waals surface area contributed by atoms with Crippen LogP contribution in [0.1, 0.15) is 32.3 Å². The first-order valence-electron chi connectivity index (χ1n) is 9.08. The molecule has 0 N–H and O–H groups in total. The Hall–Kier alpha value is -2.28. The Labute approximate surface area is 162 Å². The van der Waals surface area contributed by atoms with Gasteiger partial charge in [-0.2, -0.15) is 0 Å². The van der Waals surface area contributed by atoms with Gasteiger partial charge in [0, 0.05) is 17.8 Å². The molecule has 1 aliphatic carbocycles. The number of halogens is 2. The Balaban J connectivity index is 2.11. The van der Waals surface area contributed by atoms with E-state index >= 15 is 4.39 Å². The van der Waals surface area contributed by atoms with Crippen molar-refractivity contribution in [2.75, 3.05) is 6.61 Å². The normalized spacial score (nSPS) is 26.1. The highest BCUT2D eigenvalue weighted by Gasteiger charge is 2.65. The quantitative estimate of drug-likeness (QED) is 0.756. The molecule has 2 atom stereocenters. The molecule has 2 aliphatic rings. The maximum atomic E-state index is 15.1. The minimum Gasteiger partial charge on any atom is -0.490 e. The van der Waals surface area contributed by atoms with Crippen LogP contribution in [0.25, 0.3) is 0 Å². The van der Waals surface area contributed by atoms with Gasteiger partial charge in [0.15, 0.2) is 21.4 Å². The van der Waals surface area contributed by atoms with Crippen LogP contribution in [0.3, 0.4) is 0 Å². The molecule has 1 fully saturated rings. The molecule has 1 aliphatic heterocycles. The van der Waals surface area contributed by atoms with E-state index in [2.05, 4.69) is 0 Å². The Kier molecular flexibility index (Phi) is 4.16. The average Bonchev–Trinajstić information content (AvgIpc) is 2.68. The van der Waals surface area contributed by atoms with E-state index in [0.29, 0.717) is 0 Å². The summed E-state index contributed by atoms with van der Waals surface area (Å²) in [5.41, 5.74) is -1.37. The second-order valence-corrected chi connectivity index (χ2v) is 10.2. The predicted molar refractivity (Wildman–Crippen MR) is 98.7 cm³/mol. The van der Waals surface area contributed by atoms with Gasteiger partial charge in [-0.05, 0) is 30.7 Å². The maximum Gasteiger partial charge on any atom is 0.188 e. The third kappa shape index (κ3) is 2.32. The molecule has 0 bridgehead atoms. The first-order valence-corrected chi connectivity index (χ1v) is 10.6. The zero-order valence-corrected chi connectivity index (χ0v) is 16.4. The van der Waals surface area contributed by atoms with Crippen LogP contribution in [0.4, 0.5) is 8.78 Å². The second-order valence-electron chi connectivity index (χ2n) is 7.95. The molecule has 4 nitrogen and oxygen atoms in total. The highest BCUT2D eigenvalue weighted by molar-refractivity contribution is 7.92. The van der Waals surface area contributed by atoms with E-state index in [0.717, 1.165) is 12.1 Å². The standard InChI is InChI=1S/C21H20F2O4S/c1-20(2)16-12-27-19-15(23)9-8-14(22)18(19)21(16,11-10-17(20)24)28(25,26)13-6-4-3-5-7-13/h3-9,16H,10-12H2,1-2H3/t16?,21-/m0/s1. The second kappa shape index (κ2) is 6.11. The number of ketones is 1. The molecule has 1 unspecified atom stereocenters. The van der Waals surface area contributed by atoms with Crippen LogP contribution >= 0.6 is 0 Å². The van der Waals surface area contributed by atoms with Crippen LogP contribution in [0.2, 0.25) is 0 Å². The SMILES string of the molecule is CC1(C)C(=O)CC[C@@]2(S(=O)(=O)c3ccccc3)c3c(F)ccc(F)c3OCC12. The van der Waals surface area contributed by atoms with E-state index in [9.17, 15) is 17.6 Å². The molecular formula is C21H20F2O4S. The lowest BCUT2D eigenvalue weighted by atomic mass is 9.60. The highest BCUT2D eigenvalue weighted by atomic mass is 32.2. The van der Waals surface area contributed by atoms with Gasteiger partial charge in [-0.1, -0.05) is 32.0 Å². The number of fused-ring (bicyclic) bond motifs is 3. The van der Waals surface area contributed by atoms with E-state index in [-0.39, 0.29) is 41.4 Å². The van der Waals surface area contributed by atoms with Gasteiger partial charge in [0.2, 0.25) is 0 Å². The number of ether oxygens (including phenoxy) is 1. The summed E-state index contributed by atoms with van der Waals surface area (Å²) in [4.78, 5) is 12.6. The van der Waals surface area contributed by atoms with E-state index in [1.165, 1.54) is 12.1 Å². The van der Waals surface area contributed by atoms with Crippen molar-refractivity contribution in [3.05, 3.63) is 59.7 Å². The summed E-state index contributed by atoms with van der Waals surface area (Å²) in [6.45, 7) is 3.12. The summed E-state index contributed by atoms with van der Waals surface area (Å²) in [6.07, 6.45) is -0.154. The van der Waals surface area contributed by atoms with E-state index in [1.54, 1.807) is 32.0 Å². The van der Waals surface area contributed by atoms with Crippen LogP contribution < -0.4 is 4.74 Å². The summed E-state index contributed by atoms with van der Waals surface area (Å²) < 4.78 is 61.1. The average molecular weight is 406 g/mol. The molecule has 0 radical (unpaired) electrons. The van der Waals surface area contributed by atoms with Gasteiger partial charge in [0.25, 0.3) is 0 Å². The zero-order chi connectivity index (χ0) is 20.3. The first kappa shape index (κ1) is 19.1. The lowest BCUT2D eigenvalue weighted by Crippen LogP contribution is -2.59. The van der Waals surface area contributed by atoms with E-state index < -0.39 is 37.6 Å². The van der Waals surface area contributed by atoms with Gasteiger partial charge < -0.3 is 4.74 Å². The maximum absolute atomic E-state index is 15.1. The minimum absolute atomic E-state index is 0.0154. The molecule has 4 rings (SSSR count). The first-order chi connectivity index (χ1) is 13.1. The number of carbonyl (C=O) groups excluding carboxylic acids is 1. The highest BCUT2D eigenvalue weighted by Crippen LogP contribution is 2.60. The largest absolute Gasteiger partial charge is 0.490 e. The topological polar surface area (TPSA) is 60.4 Å². The van der Waals surface area contributed by atoms with E-state index in [4.69, 9.17) is 4.74 Å². The molecular weight excluding hydrogens is 386 g/mol. The molecule has 0 saturated heterocycles. The lowest BCUT2D eigenvalue weighted by Gasteiger charge is -2.53. The number of hydrogen-bond acceptors (Lipinski definition) is 4. The van der Waals surface area contributed by atoms with Gasteiger partial charge >= 0.3 is 0 Å². The van der Waals surface area contributed by atoms with Crippen LogP contribution in [0.15, 0.2) is 47.4 Å². The molecule has 0 aromatic heterocycles. The summed E-state index contributed by atoms with van der Waals surface area (Å²) in [5.74, 6) is -2.99. The number of Topliss-reactive ketones (excluding diaryl/α,β-unsaturated/α-hetero) is 1. The third-order valence-electron chi connectivity index (χ3n) is 6.29. The van der Waals surface area contributed by atoms with Crippen LogP contribution in [-0.4, -0.2) is 20.8 Å². The molecule has 7 heteroatoms. The van der Waals surface area contributed by atoms with Gasteiger partial charge in [-0.3, -0.25) is 4.79 Å². The van der Waals surface area contributed by atoms with E-state index in [1.807, 2.05) is 0 Å². The van der Waals surface area contributed by atoms with Gasteiger partial charge in [0.05, 0.1) is 17.1 Å². The van der Waals surface area contributed by atoms with Crippen molar-refractivity contribution in [2.45, 2.75) is 36.3 Å². The lowest BCUT2D eigenvalue weighted by molar-refractivity contribution is -0.136. The predicted octanol–water partition coefficient (Wildman–Crippen LogP) is 4.03. The minimum atomic E-state index is -4.17. The third-order valence-corrected chi connectivity index (χ3v) is 8.83. The summed E-state index contributed by atoms with van der Waals surface area (Å²) in [6, 6.07) is 9.58.